The largest absolute Gasteiger partial charge is 0.480 e. The molecule has 0 aromatic heterocycles. The number of aliphatic carboxylic acids is 1. The minimum Gasteiger partial charge on any atom is -0.480 e. The third-order valence-electron chi connectivity index (χ3n) is 4.15. The van der Waals surface area contributed by atoms with Gasteiger partial charge in [-0.15, -0.1) is 11.8 Å². The lowest BCUT2D eigenvalue weighted by atomic mass is 10.00. The van der Waals surface area contributed by atoms with Crippen LogP contribution in [-0.2, 0) is 9.53 Å². The standard InChI is InChI=1S/C14H24N2O4S/c1-3-12-16(11(9-21-12)13(17)18)14(19)15(2)8-10-4-6-20-7-5-10/h10-12H,3-9H2,1-2H3,(H,17,18). The lowest BCUT2D eigenvalue weighted by Crippen LogP contribution is -2.51. The molecule has 6 nitrogen and oxygen atoms in total. The quantitative estimate of drug-likeness (QED) is 0.855. The van der Waals surface area contributed by atoms with Gasteiger partial charge in [-0.1, -0.05) is 6.92 Å². The maximum Gasteiger partial charge on any atom is 0.327 e. The molecule has 0 aromatic carbocycles. The first-order valence-electron chi connectivity index (χ1n) is 7.50. The number of thioether (sulfide) groups is 1. The average Bonchev–Trinajstić information content (AvgIpc) is 2.91. The molecular formula is C14H24N2O4S. The van der Waals surface area contributed by atoms with Gasteiger partial charge >= 0.3 is 12.0 Å². The van der Waals surface area contributed by atoms with Crippen LogP contribution in [0.15, 0.2) is 0 Å². The molecule has 2 amide bonds. The molecule has 2 rings (SSSR count). The number of hydrogen-bond donors (Lipinski definition) is 1. The molecular weight excluding hydrogens is 292 g/mol. The molecule has 2 aliphatic rings. The van der Waals surface area contributed by atoms with Crippen molar-refractivity contribution in [1.82, 2.24) is 9.80 Å². The summed E-state index contributed by atoms with van der Waals surface area (Å²) in [7, 11) is 1.77. The molecule has 0 saturated carbocycles. The summed E-state index contributed by atoms with van der Waals surface area (Å²) in [6.45, 7) is 4.16. The highest BCUT2D eigenvalue weighted by molar-refractivity contribution is 8.00. The summed E-state index contributed by atoms with van der Waals surface area (Å²) in [4.78, 5) is 27.2. The van der Waals surface area contributed by atoms with E-state index in [1.165, 1.54) is 0 Å². The molecule has 2 fully saturated rings. The van der Waals surface area contributed by atoms with Gasteiger partial charge in [0.25, 0.3) is 0 Å². The fraction of sp³-hybridized carbons (Fsp3) is 0.857. The zero-order chi connectivity index (χ0) is 15.4. The van der Waals surface area contributed by atoms with Gasteiger partial charge in [-0.25, -0.2) is 9.59 Å². The van der Waals surface area contributed by atoms with E-state index in [1.54, 1.807) is 28.6 Å². The Morgan fingerprint density at radius 2 is 2.05 bits per heavy atom. The fourth-order valence-electron chi connectivity index (χ4n) is 2.92. The number of ether oxygens (including phenoxy) is 1. The summed E-state index contributed by atoms with van der Waals surface area (Å²) in [6, 6.07) is -0.865. The molecule has 21 heavy (non-hydrogen) atoms. The van der Waals surface area contributed by atoms with Crippen LogP contribution in [0.5, 0.6) is 0 Å². The summed E-state index contributed by atoms with van der Waals surface area (Å²) < 4.78 is 5.33. The highest BCUT2D eigenvalue weighted by Crippen LogP contribution is 2.32. The second kappa shape index (κ2) is 7.35. The number of carboxylic acids is 1. The Hall–Kier alpha value is -0.950. The van der Waals surface area contributed by atoms with Crippen molar-refractivity contribution >= 4 is 23.8 Å². The van der Waals surface area contributed by atoms with Crippen LogP contribution in [0.1, 0.15) is 26.2 Å². The number of rotatable bonds is 4. The van der Waals surface area contributed by atoms with E-state index in [-0.39, 0.29) is 11.4 Å². The van der Waals surface area contributed by atoms with Crippen molar-refractivity contribution in [3.63, 3.8) is 0 Å². The number of amides is 2. The lowest BCUT2D eigenvalue weighted by molar-refractivity contribution is -0.141. The molecule has 2 atom stereocenters. The van der Waals surface area contributed by atoms with Crippen molar-refractivity contribution < 1.29 is 19.4 Å². The van der Waals surface area contributed by atoms with Crippen LogP contribution >= 0.6 is 11.8 Å². The Kier molecular flexibility index (Phi) is 5.75. The molecule has 7 heteroatoms. The van der Waals surface area contributed by atoms with Gasteiger partial charge in [0.2, 0.25) is 0 Å². The number of carbonyl (C=O) groups is 2. The van der Waals surface area contributed by atoms with E-state index >= 15 is 0 Å². The lowest BCUT2D eigenvalue weighted by Gasteiger charge is -2.33. The normalized spacial score (nSPS) is 26.9. The first-order chi connectivity index (χ1) is 10.0. The Bertz CT molecular complexity index is 387. The van der Waals surface area contributed by atoms with Crippen LogP contribution in [0.4, 0.5) is 4.79 Å². The van der Waals surface area contributed by atoms with Crippen molar-refractivity contribution in [2.24, 2.45) is 5.92 Å². The van der Waals surface area contributed by atoms with E-state index in [1.807, 2.05) is 6.92 Å². The van der Waals surface area contributed by atoms with Gasteiger partial charge < -0.3 is 14.7 Å². The van der Waals surface area contributed by atoms with Crippen LogP contribution in [0.25, 0.3) is 0 Å². The summed E-state index contributed by atoms with van der Waals surface area (Å²) in [5.41, 5.74) is 0. The second-order valence-corrected chi connectivity index (χ2v) is 6.89. The molecule has 0 aromatic rings. The van der Waals surface area contributed by atoms with Crippen LogP contribution in [0, 0.1) is 5.92 Å². The van der Waals surface area contributed by atoms with E-state index in [2.05, 4.69) is 0 Å². The molecule has 2 heterocycles. The van der Waals surface area contributed by atoms with Gasteiger partial charge in [0, 0.05) is 32.6 Å². The predicted octanol–water partition coefficient (Wildman–Crippen LogP) is 1.70. The monoisotopic (exact) mass is 316 g/mol. The number of urea groups is 1. The molecule has 120 valence electrons. The second-order valence-electron chi connectivity index (χ2n) is 5.68. The first-order valence-corrected chi connectivity index (χ1v) is 8.55. The van der Waals surface area contributed by atoms with E-state index < -0.39 is 12.0 Å². The van der Waals surface area contributed by atoms with Crippen LogP contribution < -0.4 is 0 Å². The third kappa shape index (κ3) is 3.83. The molecule has 0 aliphatic carbocycles. The zero-order valence-electron chi connectivity index (χ0n) is 12.7. The maximum atomic E-state index is 12.6. The summed E-state index contributed by atoms with van der Waals surface area (Å²) in [6.07, 6.45) is 2.70. The van der Waals surface area contributed by atoms with Gasteiger partial charge in [0.15, 0.2) is 0 Å². The number of carbonyl (C=O) groups excluding carboxylic acids is 1. The Labute approximate surface area is 129 Å². The maximum absolute atomic E-state index is 12.6. The van der Waals surface area contributed by atoms with Crippen molar-refractivity contribution in [2.75, 3.05) is 32.6 Å². The summed E-state index contributed by atoms with van der Waals surface area (Å²) in [5.74, 6) is 0.0163. The van der Waals surface area contributed by atoms with Crippen LogP contribution in [0.3, 0.4) is 0 Å². The fourth-order valence-corrected chi connectivity index (χ4v) is 4.26. The Balaban J connectivity index is 1.99. The topological polar surface area (TPSA) is 70.1 Å². The summed E-state index contributed by atoms with van der Waals surface area (Å²) >= 11 is 1.56. The minimum atomic E-state index is -0.911. The predicted molar refractivity (Wildman–Crippen MR) is 81.4 cm³/mol. The van der Waals surface area contributed by atoms with Crippen molar-refractivity contribution in [1.29, 1.82) is 0 Å². The zero-order valence-corrected chi connectivity index (χ0v) is 13.5. The van der Waals surface area contributed by atoms with Gasteiger partial charge in [-0.3, -0.25) is 4.90 Å². The number of carboxylic acid groups (broad SMARTS) is 1. The molecule has 0 radical (unpaired) electrons. The van der Waals surface area contributed by atoms with Crippen molar-refractivity contribution in [2.45, 2.75) is 37.6 Å². The smallest absolute Gasteiger partial charge is 0.327 e. The molecule has 2 aliphatic heterocycles. The molecule has 2 unspecified atom stereocenters. The van der Waals surface area contributed by atoms with Crippen LogP contribution in [-0.4, -0.2) is 70.9 Å². The average molecular weight is 316 g/mol. The third-order valence-corrected chi connectivity index (χ3v) is 5.60. The van der Waals surface area contributed by atoms with Gasteiger partial charge in [0.05, 0.1) is 5.37 Å². The Morgan fingerprint density at radius 1 is 1.38 bits per heavy atom. The van der Waals surface area contributed by atoms with Gasteiger partial charge in [0.1, 0.15) is 6.04 Å². The van der Waals surface area contributed by atoms with E-state index in [0.717, 1.165) is 32.5 Å². The molecule has 0 bridgehead atoms. The highest BCUT2D eigenvalue weighted by Gasteiger charge is 2.42. The molecule has 1 N–H and O–H groups in total. The van der Waals surface area contributed by atoms with Crippen LogP contribution in [0.2, 0.25) is 0 Å². The molecule has 2 saturated heterocycles. The van der Waals surface area contributed by atoms with Gasteiger partial charge in [-0.2, -0.15) is 0 Å². The van der Waals surface area contributed by atoms with E-state index in [4.69, 9.17) is 4.74 Å². The number of nitrogens with zero attached hydrogens (tertiary/aromatic N) is 2. The van der Waals surface area contributed by atoms with E-state index in [0.29, 0.717) is 18.2 Å². The SMILES string of the molecule is CCC1SCC(C(=O)O)N1C(=O)N(C)CC1CCOCC1. The summed E-state index contributed by atoms with van der Waals surface area (Å²) in [5, 5.41) is 9.28. The van der Waals surface area contributed by atoms with E-state index in [9.17, 15) is 14.7 Å². The van der Waals surface area contributed by atoms with Gasteiger partial charge in [-0.05, 0) is 25.2 Å². The number of hydrogen-bond acceptors (Lipinski definition) is 4. The first kappa shape index (κ1) is 16.4. The van der Waals surface area contributed by atoms with Crippen molar-refractivity contribution in [3.8, 4) is 0 Å². The molecule has 0 spiro atoms. The highest BCUT2D eigenvalue weighted by atomic mass is 32.2. The van der Waals surface area contributed by atoms with Crippen molar-refractivity contribution in [3.05, 3.63) is 0 Å². The minimum absolute atomic E-state index is 0.0317. The Morgan fingerprint density at radius 3 is 2.62 bits per heavy atom.